The average Bonchev–Trinajstić information content (AvgIpc) is 3.23. The van der Waals surface area contributed by atoms with Crippen LogP contribution in [0.2, 0.25) is 0 Å². The van der Waals surface area contributed by atoms with Crippen LogP contribution in [-0.2, 0) is 17.8 Å². The average molecular weight is 414 g/mol. The number of aryl methyl sites for hydroxylation is 1. The summed E-state index contributed by atoms with van der Waals surface area (Å²) in [7, 11) is 0. The number of amides is 1. The van der Waals surface area contributed by atoms with Crippen LogP contribution in [0, 0.1) is 5.82 Å². The SMILES string of the molecule is O=C(CCc1ccccc1)NCCn1ncc(-c2ccncc2)c1-c1ccccc1F. The minimum absolute atomic E-state index is 0.0159. The summed E-state index contributed by atoms with van der Waals surface area (Å²) in [6.45, 7) is 0.846. The smallest absolute Gasteiger partial charge is 0.220 e. The molecular weight excluding hydrogens is 391 g/mol. The normalized spacial score (nSPS) is 10.7. The van der Waals surface area contributed by atoms with E-state index in [0.29, 0.717) is 37.2 Å². The molecule has 0 saturated carbocycles. The molecule has 0 radical (unpaired) electrons. The van der Waals surface area contributed by atoms with Gasteiger partial charge in [-0.3, -0.25) is 14.5 Å². The first-order valence-electron chi connectivity index (χ1n) is 10.2. The Morgan fingerprint density at radius 3 is 2.45 bits per heavy atom. The van der Waals surface area contributed by atoms with Gasteiger partial charge in [-0.15, -0.1) is 0 Å². The van der Waals surface area contributed by atoms with E-state index in [9.17, 15) is 9.18 Å². The zero-order valence-corrected chi connectivity index (χ0v) is 17.0. The predicted molar refractivity (Wildman–Crippen MR) is 119 cm³/mol. The molecule has 1 N–H and O–H groups in total. The Labute approximate surface area is 180 Å². The molecule has 2 heterocycles. The van der Waals surface area contributed by atoms with Gasteiger partial charge in [-0.05, 0) is 41.8 Å². The molecule has 4 aromatic rings. The van der Waals surface area contributed by atoms with Gasteiger partial charge >= 0.3 is 0 Å². The summed E-state index contributed by atoms with van der Waals surface area (Å²) in [4.78, 5) is 16.3. The van der Waals surface area contributed by atoms with Crippen LogP contribution in [0.1, 0.15) is 12.0 Å². The number of nitrogens with zero attached hydrogens (tertiary/aromatic N) is 3. The van der Waals surface area contributed by atoms with Gasteiger partial charge < -0.3 is 5.32 Å². The molecule has 31 heavy (non-hydrogen) atoms. The lowest BCUT2D eigenvalue weighted by atomic mass is 10.0. The van der Waals surface area contributed by atoms with Gasteiger partial charge in [-0.25, -0.2) is 4.39 Å². The zero-order chi connectivity index (χ0) is 21.5. The van der Waals surface area contributed by atoms with E-state index in [1.807, 2.05) is 42.5 Å². The van der Waals surface area contributed by atoms with Gasteiger partial charge in [0.05, 0.1) is 18.4 Å². The summed E-state index contributed by atoms with van der Waals surface area (Å²) < 4.78 is 16.4. The maximum Gasteiger partial charge on any atom is 0.220 e. The Morgan fingerprint density at radius 1 is 0.935 bits per heavy atom. The first-order chi connectivity index (χ1) is 15.2. The van der Waals surface area contributed by atoms with Gasteiger partial charge in [0.15, 0.2) is 0 Å². The van der Waals surface area contributed by atoms with Crippen LogP contribution in [0.5, 0.6) is 0 Å². The maximum atomic E-state index is 14.6. The van der Waals surface area contributed by atoms with Gasteiger partial charge in [0.2, 0.25) is 5.91 Å². The first kappa shape index (κ1) is 20.5. The number of benzene rings is 2. The molecule has 0 spiro atoms. The highest BCUT2D eigenvalue weighted by Gasteiger charge is 2.17. The van der Waals surface area contributed by atoms with Crippen molar-refractivity contribution in [3.8, 4) is 22.4 Å². The van der Waals surface area contributed by atoms with Gasteiger partial charge in [0, 0.05) is 36.5 Å². The molecule has 1 amide bonds. The van der Waals surface area contributed by atoms with Gasteiger partial charge in [0.25, 0.3) is 0 Å². The molecule has 0 bridgehead atoms. The molecule has 6 heteroatoms. The number of nitrogens with one attached hydrogen (secondary N) is 1. The fourth-order valence-corrected chi connectivity index (χ4v) is 3.53. The van der Waals surface area contributed by atoms with Gasteiger partial charge in [-0.1, -0.05) is 42.5 Å². The minimum atomic E-state index is -0.313. The number of aromatic nitrogens is 3. The van der Waals surface area contributed by atoms with E-state index in [1.165, 1.54) is 6.07 Å². The predicted octanol–water partition coefficient (Wildman–Crippen LogP) is 4.50. The lowest BCUT2D eigenvalue weighted by molar-refractivity contribution is -0.121. The first-order valence-corrected chi connectivity index (χ1v) is 10.2. The van der Waals surface area contributed by atoms with E-state index in [4.69, 9.17) is 0 Å². The molecule has 0 unspecified atom stereocenters. The summed E-state index contributed by atoms with van der Waals surface area (Å²) in [5.41, 5.74) is 4.02. The van der Waals surface area contributed by atoms with Crippen LogP contribution in [0.15, 0.2) is 85.3 Å². The number of carbonyl (C=O) groups is 1. The van der Waals surface area contributed by atoms with Gasteiger partial charge in [0.1, 0.15) is 5.82 Å². The Kier molecular flexibility index (Phi) is 6.47. The van der Waals surface area contributed by atoms with E-state index >= 15 is 0 Å². The molecule has 2 aromatic heterocycles. The van der Waals surface area contributed by atoms with Crippen molar-refractivity contribution in [2.24, 2.45) is 0 Å². The fraction of sp³-hybridized carbons (Fsp3) is 0.160. The third kappa shape index (κ3) is 5.04. The number of pyridine rings is 1. The molecule has 4 rings (SSSR count). The lowest BCUT2D eigenvalue weighted by Crippen LogP contribution is -2.27. The molecule has 2 aromatic carbocycles. The molecule has 5 nitrogen and oxygen atoms in total. The molecule has 0 aliphatic rings. The summed E-state index contributed by atoms with van der Waals surface area (Å²) in [6.07, 6.45) is 6.25. The monoisotopic (exact) mass is 414 g/mol. The van der Waals surface area contributed by atoms with Crippen molar-refractivity contribution in [2.75, 3.05) is 6.54 Å². The molecule has 0 fully saturated rings. The van der Waals surface area contributed by atoms with Gasteiger partial charge in [-0.2, -0.15) is 5.10 Å². The van der Waals surface area contributed by atoms with Crippen molar-refractivity contribution in [1.29, 1.82) is 0 Å². The fourth-order valence-electron chi connectivity index (χ4n) is 3.53. The largest absolute Gasteiger partial charge is 0.354 e. The van der Waals surface area contributed by atoms with E-state index in [-0.39, 0.29) is 11.7 Å². The summed E-state index contributed by atoms with van der Waals surface area (Å²) >= 11 is 0. The van der Waals surface area contributed by atoms with Crippen LogP contribution in [0.4, 0.5) is 4.39 Å². The second-order valence-electron chi connectivity index (χ2n) is 7.18. The van der Waals surface area contributed by atoms with Crippen molar-refractivity contribution in [3.63, 3.8) is 0 Å². The van der Waals surface area contributed by atoms with E-state index in [1.54, 1.807) is 41.5 Å². The number of rotatable bonds is 8. The molecule has 0 aliphatic carbocycles. The number of carbonyl (C=O) groups excluding carboxylic acids is 1. The molecule has 0 saturated heterocycles. The quantitative estimate of drug-likeness (QED) is 0.462. The van der Waals surface area contributed by atoms with Crippen LogP contribution in [-0.4, -0.2) is 27.2 Å². The van der Waals surface area contributed by atoms with Crippen LogP contribution in [0.3, 0.4) is 0 Å². The topological polar surface area (TPSA) is 59.8 Å². The Bertz CT molecular complexity index is 1140. The summed E-state index contributed by atoms with van der Waals surface area (Å²) in [5, 5.41) is 7.42. The number of hydrogen-bond donors (Lipinski definition) is 1. The minimum Gasteiger partial charge on any atom is -0.354 e. The van der Waals surface area contributed by atoms with Crippen LogP contribution >= 0.6 is 0 Å². The molecule has 0 atom stereocenters. The van der Waals surface area contributed by atoms with Crippen molar-refractivity contribution >= 4 is 5.91 Å². The number of hydrogen-bond acceptors (Lipinski definition) is 3. The summed E-state index contributed by atoms with van der Waals surface area (Å²) in [6, 6.07) is 20.3. The number of halogens is 1. The Balaban J connectivity index is 1.48. The van der Waals surface area contributed by atoms with Crippen LogP contribution in [0.25, 0.3) is 22.4 Å². The molecule has 156 valence electrons. The standard InChI is InChI=1S/C25H23FN4O/c26-23-9-5-4-8-21(23)25-22(20-12-14-27-15-13-20)18-29-30(25)17-16-28-24(31)11-10-19-6-2-1-3-7-19/h1-9,12-15,18H,10-11,16-17H2,(H,28,31). The van der Waals surface area contributed by atoms with E-state index < -0.39 is 0 Å². The van der Waals surface area contributed by atoms with Crippen LogP contribution < -0.4 is 5.32 Å². The molecule has 0 aliphatic heterocycles. The second kappa shape index (κ2) is 9.80. The van der Waals surface area contributed by atoms with E-state index in [2.05, 4.69) is 15.4 Å². The zero-order valence-electron chi connectivity index (χ0n) is 17.0. The summed E-state index contributed by atoms with van der Waals surface area (Å²) in [5.74, 6) is -0.329. The Morgan fingerprint density at radius 2 is 1.68 bits per heavy atom. The third-order valence-electron chi connectivity index (χ3n) is 5.09. The molecular formula is C25H23FN4O. The Hall–Kier alpha value is -3.80. The van der Waals surface area contributed by atoms with Crippen molar-refractivity contribution in [2.45, 2.75) is 19.4 Å². The van der Waals surface area contributed by atoms with Crippen molar-refractivity contribution < 1.29 is 9.18 Å². The van der Waals surface area contributed by atoms with E-state index in [0.717, 1.165) is 16.7 Å². The second-order valence-corrected chi connectivity index (χ2v) is 7.18. The highest BCUT2D eigenvalue weighted by molar-refractivity contribution is 5.81. The third-order valence-corrected chi connectivity index (χ3v) is 5.09. The van der Waals surface area contributed by atoms with Crippen molar-refractivity contribution in [3.05, 3.63) is 96.7 Å². The van der Waals surface area contributed by atoms with Crippen molar-refractivity contribution in [1.82, 2.24) is 20.1 Å². The highest BCUT2D eigenvalue weighted by Crippen LogP contribution is 2.33. The highest BCUT2D eigenvalue weighted by atomic mass is 19.1. The maximum absolute atomic E-state index is 14.6. The lowest BCUT2D eigenvalue weighted by Gasteiger charge is -2.12.